The Kier molecular flexibility index (Phi) is 3.38. The fourth-order valence-electron chi connectivity index (χ4n) is 3.40. The molecule has 2 aromatic carbocycles. The summed E-state index contributed by atoms with van der Waals surface area (Å²) in [6.07, 6.45) is 2.57. The van der Waals surface area contributed by atoms with Crippen LogP contribution in [0.15, 0.2) is 60.7 Å². The van der Waals surface area contributed by atoms with Crippen molar-refractivity contribution in [3.8, 4) is 16.9 Å². The largest absolute Gasteiger partial charge is 0.313 e. The van der Waals surface area contributed by atoms with Crippen LogP contribution in [0, 0.1) is 6.92 Å². The number of nitrogens with zero attached hydrogens (tertiary/aromatic N) is 1. The van der Waals surface area contributed by atoms with E-state index in [0.29, 0.717) is 6.42 Å². The molecule has 0 saturated carbocycles. The number of para-hydroxylation sites is 1. The lowest BCUT2D eigenvalue weighted by atomic mass is 9.96. The monoisotopic (exact) mass is 301 g/mol. The molecule has 2 heteroatoms. The first-order valence-corrected chi connectivity index (χ1v) is 8.14. The molecule has 0 unspecified atom stereocenters. The highest BCUT2D eigenvalue weighted by Crippen LogP contribution is 2.33. The average molecular weight is 301 g/mol. The number of carbonyl (C=O) groups excluding carboxylic acids is 1. The second kappa shape index (κ2) is 5.54. The van der Waals surface area contributed by atoms with Crippen molar-refractivity contribution in [2.24, 2.45) is 0 Å². The van der Waals surface area contributed by atoms with E-state index >= 15 is 0 Å². The number of fused-ring (bicyclic) bond motifs is 1. The molecule has 1 heterocycles. The number of rotatable bonds is 2. The van der Waals surface area contributed by atoms with Gasteiger partial charge in [-0.2, -0.15) is 0 Å². The fourth-order valence-corrected chi connectivity index (χ4v) is 3.40. The minimum Gasteiger partial charge on any atom is -0.313 e. The second-order valence-corrected chi connectivity index (χ2v) is 6.20. The van der Waals surface area contributed by atoms with Gasteiger partial charge in [0.15, 0.2) is 5.78 Å². The predicted molar refractivity (Wildman–Crippen MR) is 93.2 cm³/mol. The van der Waals surface area contributed by atoms with Gasteiger partial charge in [-0.05, 0) is 43.5 Å². The van der Waals surface area contributed by atoms with E-state index in [1.807, 2.05) is 18.2 Å². The molecule has 0 radical (unpaired) electrons. The van der Waals surface area contributed by atoms with Crippen molar-refractivity contribution in [2.75, 3.05) is 0 Å². The number of Topliss-reactive ketones (excluding diaryl/α,β-unsaturated/α-hetero) is 1. The number of benzene rings is 2. The molecule has 0 bridgehead atoms. The molecule has 1 aliphatic rings. The predicted octanol–water partition coefficient (Wildman–Crippen LogP) is 4.97. The maximum atomic E-state index is 12.4. The quantitative estimate of drug-likeness (QED) is 0.655. The lowest BCUT2D eigenvalue weighted by molar-refractivity contribution is 0.0972. The normalized spacial score (nSPS) is 13.9. The van der Waals surface area contributed by atoms with Crippen LogP contribution in [0.25, 0.3) is 16.9 Å². The van der Waals surface area contributed by atoms with Gasteiger partial charge >= 0.3 is 0 Å². The molecule has 0 spiro atoms. The summed E-state index contributed by atoms with van der Waals surface area (Å²) in [4.78, 5) is 12.4. The zero-order chi connectivity index (χ0) is 15.8. The molecule has 1 aliphatic carbocycles. The van der Waals surface area contributed by atoms with Crippen LogP contribution < -0.4 is 0 Å². The van der Waals surface area contributed by atoms with Crippen LogP contribution >= 0.6 is 0 Å². The van der Waals surface area contributed by atoms with E-state index in [1.165, 1.54) is 5.56 Å². The lowest BCUT2D eigenvalue weighted by Gasteiger charge is -2.17. The molecule has 0 N–H and O–H groups in total. The second-order valence-electron chi connectivity index (χ2n) is 6.20. The third-order valence-electron chi connectivity index (χ3n) is 4.58. The first-order chi connectivity index (χ1) is 11.2. The van der Waals surface area contributed by atoms with Crippen molar-refractivity contribution in [1.29, 1.82) is 0 Å². The minimum atomic E-state index is 0.272. The summed E-state index contributed by atoms with van der Waals surface area (Å²) >= 11 is 0. The van der Waals surface area contributed by atoms with Crippen molar-refractivity contribution >= 4 is 5.78 Å². The van der Waals surface area contributed by atoms with Crippen molar-refractivity contribution in [3.63, 3.8) is 0 Å². The van der Waals surface area contributed by atoms with Gasteiger partial charge in [0, 0.05) is 23.4 Å². The number of aryl methyl sites for hydroxylation is 1. The standard InChI is InChI=1S/C21H19NO/c1-15-10-12-16(13-11-15)20-14-18-19(8-5-9-21(18)23)22(20)17-6-3-2-4-7-17/h2-4,6-7,10-14H,5,8-9H2,1H3. The number of aromatic nitrogens is 1. The van der Waals surface area contributed by atoms with E-state index in [0.717, 1.165) is 41.0 Å². The van der Waals surface area contributed by atoms with Gasteiger partial charge in [-0.15, -0.1) is 0 Å². The molecule has 2 nitrogen and oxygen atoms in total. The molecular formula is C21H19NO. The summed E-state index contributed by atoms with van der Waals surface area (Å²) in [5, 5.41) is 0. The Morgan fingerprint density at radius 2 is 1.65 bits per heavy atom. The summed E-state index contributed by atoms with van der Waals surface area (Å²) in [6.45, 7) is 2.09. The van der Waals surface area contributed by atoms with E-state index in [2.05, 4.69) is 54.0 Å². The van der Waals surface area contributed by atoms with Gasteiger partial charge in [0.25, 0.3) is 0 Å². The van der Waals surface area contributed by atoms with Crippen molar-refractivity contribution in [1.82, 2.24) is 4.57 Å². The van der Waals surface area contributed by atoms with Crippen molar-refractivity contribution in [3.05, 3.63) is 77.5 Å². The highest BCUT2D eigenvalue weighted by Gasteiger charge is 2.25. The van der Waals surface area contributed by atoms with Gasteiger partial charge in [-0.25, -0.2) is 0 Å². The van der Waals surface area contributed by atoms with Crippen LogP contribution in [-0.4, -0.2) is 10.4 Å². The van der Waals surface area contributed by atoms with Crippen LogP contribution in [0.5, 0.6) is 0 Å². The summed E-state index contributed by atoms with van der Waals surface area (Å²) in [5.41, 5.74) is 6.68. The molecule has 0 saturated heterocycles. The Balaban J connectivity index is 1.98. The maximum absolute atomic E-state index is 12.4. The third-order valence-corrected chi connectivity index (χ3v) is 4.58. The molecule has 0 fully saturated rings. The highest BCUT2D eigenvalue weighted by molar-refractivity contribution is 6.00. The van der Waals surface area contributed by atoms with Crippen LogP contribution in [0.2, 0.25) is 0 Å². The number of hydrogen-bond acceptors (Lipinski definition) is 1. The van der Waals surface area contributed by atoms with Crippen LogP contribution in [0.1, 0.15) is 34.5 Å². The molecule has 3 aromatic rings. The van der Waals surface area contributed by atoms with Crippen molar-refractivity contribution < 1.29 is 4.79 Å². The first kappa shape index (κ1) is 14.0. The zero-order valence-corrected chi connectivity index (χ0v) is 13.3. The molecule has 4 rings (SSSR count). The van der Waals surface area contributed by atoms with Gasteiger partial charge in [-0.1, -0.05) is 48.0 Å². The Morgan fingerprint density at radius 3 is 2.39 bits per heavy atom. The average Bonchev–Trinajstić information content (AvgIpc) is 2.97. The van der Waals surface area contributed by atoms with E-state index < -0.39 is 0 Å². The Bertz CT molecular complexity index is 857. The SMILES string of the molecule is Cc1ccc(-c2cc3c(n2-c2ccccc2)CCCC3=O)cc1. The molecule has 0 amide bonds. The molecular weight excluding hydrogens is 282 g/mol. The molecule has 114 valence electrons. The van der Waals surface area contributed by atoms with E-state index in [9.17, 15) is 4.79 Å². The van der Waals surface area contributed by atoms with Crippen LogP contribution in [-0.2, 0) is 6.42 Å². The van der Waals surface area contributed by atoms with Crippen LogP contribution in [0.3, 0.4) is 0 Å². The van der Waals surface area contributed by atoms with Gasteiger partial charge in [-0.3, -0.25) is 4.79 Å². The van der Waals surface area contributed by atoms with Gasteiger partial charge in [0.2, 0.25) is 0 Å². The summed E-state index contributed by atoms with van der Waals surface area (Å²) < 4.78 is 2.26. The lowest BCUT2D eigenvalue weighted by Crippen LogP contribution is -2.12. The summed E-state index contributed by atoms with van der Waals surface area (Å²) in [6, 6.07) is 20.9. The summed E-state index contributed by atoms with van der Waals surface area (Å²) in [7, 11) is 0. The zero-order valence-electron chi connectivity index (χ0n) is 13.3. The van der Waals surface area contributed by atoms with E-state index in [-0.39, 0.29) is 5.78 Å². The fraction of sp³-hybridized carbons (Fsp3) is 0.190. The summed E-state index contributed by atoms with van der Waals surface area (Å²) in [5.74, 6) is 0.272. The molecule has 1 aromatic heterocycles. The van der Waals surface area contributed by atoms with Crippen LogP contribution in [0.4, 0.5) is 0 Å². The maximum Gasteiger partial charge on any atom is 0.164 e. The number of hydrogen-bond donors (Lipinski definition) is 0. The highest BCUT2D eigenvalue weighted by atomic mass is 16.1. The smallest absolute Gasteiger partial charge is 0.164 e. The van der Waals surface area contributed by atoms with Gasteiger partial charge in [0.05, 0.1) is 5.69 Å². The van der Waals surface area contributed by atoms with Gasteiger partial charge in [0.1, 0.15) is 0 Å². The molecule has 0 atom stereocenters. The molecule has 0 aliphatic heterocycles. The minimum absolute atomic E-state index is 0.272. The van der Waals surface area contributed by atoms with E-state index in [4.69, 9.17) is 0 Å². The first-order valence-electron chi connectivity index (χ1n) is 8.14. The molecule has 23 heavy (non-hydrogen) atoms. The van der Waals surface area contributed by atoms with E-state index in [1.54, 1.807) is 0 Å². The Hall–Kier alpha value is -2.61. The topological polar surface area (TPSA) is 22.0 Å². The third kappa shape index (κ3) is 2.40. The Morgan fingerprint density at radius 1 is 0.913 bits per heavy atom. The number of ketones is 1. The van der Waals surface area contributed by atoms with Crippen molar-refractivity contribution in [2.45, 2.75) is 26.2 Å². The Labute approximate surface area is 136 Å². The van der Waals surface area contributed by atoms with Gasteiger partial charge < -0.3 is 4.57 Å². The number of carbonyl (C=O) groups is 1.